The number of halogens is 24. The van der Waals surface area contributed by atoms with Gasteiger partial charge in [0.05, 0.1) is 0 Å². The Morgan fingerprint density at radius 3 is 1.00 bits per heavy atom. The fraction of sp³-hybridized carbons (Fsp3) is 0.625. The molecule has 30 heteroatoms. The van der Waals surface area contributed by atoms with Crippen LogP contribution in [0, 0.1) is 11.6 Å². The molecule has 0 heterocycles. The van der Waals surface area contributed by atoms with Crippen molar-refractivity contribution in [3.63, 3.8) is 0 Å². The largest absolute Gasteiger partial charge is 0.460 e. The lowest BCUT2D eigenvalue weighted by Crippen LogP contribution is -2.74. The van der Waals surface area contributed by atoms with E-state index >= 15 is 0 Å². The van der Waals surface area contributed by atoms with E-state index < -0.39 is 112 Å². The highest BCUT2D eigenvalue weighted by atomic mass is 32.3. The van der Waals surface area contributed by atoms with E-state index in [1.807, 2.05) is 0 Å². The van der Waals surface area contributed by atoms with Crippen molar-refractivity contribution >= 4 is 20.1 Å². The van der Waals surface area contributed by atoms with Crippen LogP contribution in [0.15, 0.2) is 17.0 Å². The number of rotatable bonds is 11. The predicted molar refractivity (Wildman–Crippen MR) is 93.1 cm³/mol. The molecule has 4 nitrogen and oxygen atoms in total. The molecule has 0 saturated carbocycles. The monoisotopic (exact) mass is 778 g/mol. The Balaban J connectivity index is 3.99. The fourth-order valence-electron chi connectivity index (χ4n) is 2.77. The van der Waals surface area contributed by atoms with E-state index in [9.17, 15) is 122 Å². The zero-order valence-electron chi connectivity index (χ0n) is 19.7. The van der Waals surface area contributed by atoms with E-state index in [1.165, 1.54) is 0 Å². The third-order valence-electron chi connectivity index (χ3n) is 5.33. The van der Waals surface area contributed by atoms with Crippen LogP contribution in [0.2, 0.25) is 0 Å². The van der Waals surface area contributed by atoms with Gasteiger partial charge in [-0.1, -0.05) is 3.89 Å². The van der Waals surface area contributed by atoms with E-state index in [2.05, 4.69) is 0 Å². The Bertz CT molecular complexity index is 1550. The van der Waals surface area contributed by atoms with Crippen molar-refractivity contribution in [1.82, 2.24) is 0 Å². The normalized spacial score (nSPS) is 16.2. The van der Waals surface area contributed by atoms with Crippen molar-refractivity contribution in [2.45, 2.75) is 63.0 Å². The first-order chi connectivity index (χ1) is 19.5. The van der Waals surface area contributed by atoms with Gasteiger partial charge in [0.15, 0.2) is 0 Å². The molecule has 46 heavy (non-hydrogen) atoms. The summed E-state index contributed by atoms with van der Waals surface area (Å²) in [6.45, 7) is 0. The fourth-order valence-corrected chi connectivity index (χ4v) is 4.88. The predicted octanol–water partition coefficient (Wildman–Crippen LogP) is 7.69. The molecule has 0 amide bonds. The first kappa shape index (κ1) is 41.5. The molecule has 0 aliphatic carbocycles. The Kier molecular flexibility index (Phi) is 9.44. The van der Waals surface area contributed by atoms with Crippen LogP contribution in [0.1, 0.15) is 5.56 Å². The quantitative estimate of drug-likeness (QED) is 0.171. The van der Waals surface area contributed by atoms with Crippen molar-refractivity contribution in [2.75, 3.05) is 0 Å². The summed E-state index contributed by atoms with van der Waals surface area (Å²) in [5.74, 6) is -69.0. The van der Waals surface area contributed by atoms with Crippen LogP contribution in [0.4, 0.5) is 105 Å². The van der Waals surface area contributed by atoms with E-state index in [0.29, 0.717) is 0 Å². The summed E-state index contributed by atoms with van der Waals surface area (Å²) in [6, 6.07) is -3.92. The lowest BCUT2D eigenvalue weighted by Gasteiger charge is -2.42. The second kappa shape index (κ2) is 10.5. The Hall–Kier alpha value is -2.56. The maximum Gasteiger partial charge on any atom is 0.460 e. The maximum atomic E-state index is 14.2. The average molecular weight is 778 g/mol. The van der Waals surface area contributed by atoms with Gasteiger partial charge in [0.2, 0.25) is 0 Å². The molecule has 0 spiro atoms. The topological polar surface area (TPSA) is 68.3 Å². The molecule has 0 saturated heterocycles. The molecular formula is C16H2F24O4S2. The first-order valence-electron chi connectivity index (χ1n) is 9.68. The Morgan fingerprint density at radius 1 is 0.435 bits per heavy atom. The number of hydrogen-bond acceptors (Lipinski definition) is 4. The highest BCUT2D eigenvalue weighted by Gasteiger charge is 2.95. The van der Waals surface area contributed by atoms with Gasteiger partial charge < -0.3 is 0 Å². The number of sulfone groups is 1. The van der Waals surface area contributed by atoms with Gasteiger partial charge in [0.1, 0.15) is 16.5 Å². The first-order valence-corrected chi connectivity index (χ1v) is 12.6. The van der Waals surface area contributed by atoms with Crippen LogP contribution in [0.5, 0.6) is 0 Å². The second-order valence-electron chi connectivity index (χ2n) is 8.26. The van der Waals surface area contributed by atoms with Gasteiger partial charge in [-0.05, 0) is 12.1 Å². The van der Waals surface area contributed by atoms with Crippen LogP contribution < -0.4 is 0 Å². The lowest BCUT2D eigenvalue weighted by atomic mass is 9.87. The maximum absolute atomic E-state index is 14.2. The summed E-state index contributed by atoms with van der Waals surface area (Å²) in [5, 5.41) is -15.1. The molecule has 0 unspecified atom stereocenters. The molecule has 0 aromatic heterocycles. The molecular weight excluding hydrogens is 776 g/mol. The van der Waals surface area contributed by atoms with Crippen LogP contribution in [-0.4, -0.2) is 69.1 Å². The molecule has 1 aromatic carbocycles. The van der Waals surface area contributed by atoms with Crippen LogP contribution >= 0.6 is 0 Å². The van der Waals surface area contributed by atoms with Gasteiger partial charge >= 0.3 is 68.4 Å². The summed E-state index contributed by atoms with van der Waals surface area (Å²) in [5.41, 5.74) is -3.83. The van der Waals surface area contributed by atoms with E-state index in [-0.39, 0.29) is 0 Å². The third-order valence-corrected chi connectivity index (χ3v) is 8.19. The minimum absolute atomic E-state index is 1.96. The van der Waals surface area contributed by atoms with E-state index in [1.54, 1.807) is 0 Å². The lowest BCUT2D eigenvalue weighted by molar-refractivity contribution is -0.462. The summed E-state index contributed by atoms with van der Waals surface area (Å²) >= 11 is 0. The number of benzene rings is 1. The molecule has 0 N–H and O–H groups in total. The van der Waals surface area contributed by atoms with E-state index in [0.717, 1.165) is 0 Å². The summed E-state index contributed by atoms with van der Waals surface area (Å²) in [4.78, 5) is -3.82. The van der Waals surface area contributed by atoms with Crippen molar-refractivity contribution < 1.29 is 122 Å². The second-order valence-corrected chi connectivity index (χ2v) is 11.6. The molecule has 0 bridgehead atoms. The zero-order valence-corrected chi connectivity index (χ0v) is 21.3. The molecule has 270 valence electrons. The van der Waals surface area contributed by atoms with Crippen molar-refractivity contribution in [3.05, 3.63) is 29.3 Å². The molecule has 0 radical (unpaired) electrons. The molecule has 0 aliphatic heterocycles. The molecule has 0 fully saturated rings. The number of hydrogen-bond donors (Lipinski definition) is 0. The SMILES string of the molecule is O=S(=O)(F)C(F)(F)C(F)(F)S(=O)(=O)c1c(F)cc(C(F)(F)C(F)(F)C(F)(F)C(F)(F)C(F)(F)C(F)(F)C(F)(F)C(F)(F)F)cc1F. The average Bonchev–Trinajstić information content (AvgIpc) is 2.80. The molecule has 0 aliphatic rings. The molecule has 1 rings (SSSR count). The van der Waals surface area contributed by atoms with Crippen LogP contribution in [0.25, 0.3) is 0 Å². The summed E-state index contributed by atoms with van der Waals surface area (Å²) in [6.07, 6.45) is -8.08. The standard InChI is InChI=1S/C16H2F24O4S2/c17-4-1-3(2-5(18)6(4)45(41,42)15(36,37)16(38,39)46(40,43)44)7(19,20)8(21,22)9(23,24)10(25,26)11(27,28)12(29,30)13(31,32)14(33,34)35/h1-2H. The Morgan fingerprint density at radius 2 is 0.717 bits per heavy atom. The van der Waals surface area contributed by atoms with E-state index in [4.69, 9.17) is 0 Å². The summed E-state index contributed by atoms with van der Waals surface area (Å²) < 4.78 is 365. The van der Waals surface area contributed by atoms with Gasteiger partial charge in [0, 0.05) is 5.56 Å². The minimum Gasteiger partial charge on any atom is -0.217 e. The molecule has 0 atom stereocenters. The minimum atomic E-state index is -9.17. The number of alkyl halides is 21. The third kappa shape index (κ3) is 5.09. The highest BCUT2D eigenvalue weighted by Crippen LogP contribution is 2.65. The van der Waals surface area contributed by atoms with Gasteiger partial charge in [-0.15, -0.1) is 0 Å². The summed E-state index contributed by atoms with van der Waals surface area (Å²) in [7, 11) is -16.3. The van der Waals surface area contributed by atoms with Gasteiger partial charge in [-0.2, -0.15) is 101 Å². The van der Waals surface area contributed by atoms with Gasteiger partial charge in [0.25, 0.3) is 9.84 Å². The van der Waals surface area contributed by atoms with Crippen molar-refractivity contribution in [2.24, 2.45) is 0 Å². The molecule has 1 aromatic rings. The van der Waals surface area contributed by atoms with Crippen molar-refractivity contribution in [3.8, 4) is 0 Å². The zero-order chi connectivity index (χ0) is 37.7. The van der Waals surface area contributed by atoms with Crippen LogP contribution in [0.3, 0.4) is 0 Å². The van der Waals surface area contributed by atoms with Gasteiger partial charge in [-0.3, -0.25) is 0 Å². The smallest absolute Gasteiger partial charge is 0.217 e. The van der Waals surface area contributed by atoms with Gasteiger partial charge in [-0.25, -0.2) is 17.2 Å². The Labute approximate surface area is 235 Å². The van der Waals surface area contributed by atoms with Crippen LogP contribution in [-0.2, 0) is 26.0 Å². The highest BCUT2D eigenvalue weighted by molar-refractivity contribution is 7.94. The van der Waals surface area contributed by atoms with Crippen molar-refractivity contribution in [1.29, 1.82) is 0 Å².